The van der Waals surface area contributed by atoms with Crippen molar-refractivity contribution < 1.29 is 9.90 Å². The first-order valence-corrected chi connectivity index (χ1v) is 5.80. The second-order valence-corrected chi connectivity index (χ2v) is 4.53. The van der Waals surface area contributed by atoms with E-state index >= 15 is 0 Å². The highest BCUT2D eigenvalue weighted by Crippen LogP contribution is 2.19. The van der Waals surface area contributed by atoms with Crippen LogP contribution in [0.1, 0.15) is 27.2 Å². The summed E-state index contributed by atoms with van der Waals surface area (Å²) in [5.41, 5.74) is 2.86. The number of carbonyl (C=O) groups excluding carboxylic acids is 1. The number of nitrogens with zero attached hydrogens (tertiary/aromatic N) is 2. The van der Waals surface area contributed by atoms with Crippen molar-refractivity contribution in [1.29, 1.82) is 0 Å². The Morgan fingerprint density at radius 2 is 1.74 bits per heavy atom. The molecule has 2 rings (SSSR count). The fourth-order valence-electron chi connectivity index (χ4n) is 2.21. The Morgan fingerprint density at radius 3 is 2.26 bits per heavy atom. The van der Waals surface area contributed by atoms with Gasteiger partial charge < -0.3 is 5.11 Å². The lowest BCUT2D eigenvalue weighted by molar-refractivity contribution is 0.111. The molecule has 0 fully saturated rings. The highest BCUT2D eigenvalue weighted by molar-refractivity contribution is 5.75. The molecule has 0 atom stereocenters. The van der Waals surface area contributed by atoms with Crippen molar-refractivity contribution in [3.8, 4) is 11.4 Å². The van der Waals surface area contributed by atoms with E-state index < -0.39 is 11.3 Å². The molecule has 0 aliphatic heterocycles. The molecular formula is C14H14N2O3. The van der Waals surface area contributed by atoms with Gasteiger partial charge in [-0.15, -0.1) is 0 Å². The zero-order chi connectivity index (χ0) is 14.2. The molecule has 2 aromatic rings. The van der Waals surface area contributed by atoms with Gasteiger partial charge in [-0.3, -0.25) is 9.59 Å². The standard InChI is InChI=1S/C14H14N2O3/c1-8-4-9(2)14(10(3)5-8)16-13(19)6-12(18)11(7-17)15-16/h4-7,18H,1-3H3. The maximum atomic E-state index is 11.9. The van der Waals surface area contributed by atoms with E-state index in [0.29, 0.717) is 12.0 Å². The minimum absolute atomic E-state index is 0.154. The average molecular weight is 258 g/mol. The molecule has 0 aliphatic rings. The third-order valence-electron chi connectivity index (χ3n) is 2.90. The quantitative estimate of drug-likeness (QED) is 0.832. The molecule has 1 N–H and O–H groups in total. The van der Waals surface area contributed by atoms with Crippen LogP contribution in [0.5, 0.6) is 5.75 Å². The molecule has 98 valence electrons. The van der Waals surface area contributed by atoms with Crippen molar-refractivity contribution in [3.05, 3.63) is 50.9 Å². The van der Waals surface area contributed by atoms with E-state index in [1.165, 1.54) is 0 Å². The number of aromatic hydroxyl groups is 1. The number of carbonyl (C=O) groups is 1. The fourth-order valence-corrected chi connectivity index (χ4v) is 2.21. The van der Waals surface area contributed by atoms with E-state index in [-0.39, 0.29) is 5.69 Å². The lowest BCUT2D eigenvalue weighted by Gasteiger charge is -2.13. The van der Waals surface area contributed by atoms with Crippen molar-refractivity contribution in [2.45, 2.75) is 20.8 Å². The number of hydrogen-bond donors (Lipinski definition) is 1. The molecule has 0 saturated heterocycles. The van der Waals surface area contributed by atoms with E-state index in [0.717, 1.165) is 27.4 Å². The van der Waals surface area contributed by atoms with Crippen LogP contribution < -0.4 is 5.56 Å². The molecular weight excluding hydrogens is 244 g/mol. The SMILES string of the molecule is Cc1cc(C)c(-n2nc(C=O)c(O)cc2=O)c(C)c1. The van der Waals surface area contributed by atoms with Crippen LogP contribution in [0.2, 0.25) is 0 Å². The maximum Gasteiger partial charge on any atom is 0.275 e. The summed E-state index contributed by atoms with van der Waals surface area (Å²) < 4.78 is 1.15. The molecule has 19 heavy (non-hydrogen) atoms. The Morgan fingerprint density at radius 1 is 1.16 bits per heavy atom. The van der Waals surface area contributed by atoms with Gasteiger partial charge >= 0.3 is 0 Å². The number of aryl methyl sites for hydroxylation is 3. The van der Waals surface area contributed by atoms with E-state index in [1.54, 1.807) is 0 Å². The number of hydrogen-bond acceptors (Lipinski definition) is 4. The Kier molecular flexibility index (Phi) is 3.21. The third kappa shape index (κ3) is 2.27. The monoisotopic (exact) mass is 258 g/mol. The van der Waals surface area contributed by atoms with Gasteiger partial charge in [-0.05, 0) is 31.9 Å². The second kappa shape index (κ2) is 4.68. The van der Waals surface area contributed by atoms with Crippen molar-refractivity contribution in [2.75, 3.05) is 0 Å². The predicted octanol–water partition coefficient (Wildman–Crippen LogP) is 1.68. The first-order valence-electron chi connectivity index (χ1n) is 5.80. The average Bonchev–Trinajstić information content (AvgIpc) is 2.30. The van der Waals surface area contributed by atoms with E-state index in [2.05, 4.69) is 5.10 Å². The zero-order valence-electron chi connectivity index (χ0n) is 11.0. The molecule has 5 nitrogen and oxygen atoms in total. The topological polar surface area (TPSA) is 72.2 Å². The van der Waals surface area contributed by atoms with Crippen molar-refractivity contribution in [3.63, 3.8) is 0 Å². The summed E-state index contributed by atoms with van der Waals surface area (Å²) in [6, 6.07) is 4.86. The highest BCUT2D eigenvalue weighted by atomic mass is 16.3. The summed E-state index contributed by atoms with van der Waals surface area (Å²) in [6.07, 6.45) is 0.421. The zero-order valence-corrected chi connectivity index (χ0v) is 11.0. The van der Waals surface area contributed by atoms with E-state index in [4.69, 9.17) is 0 Å². The van der Waals surface area contributed by atoms with Gasteiger partial charge in [0.15, 0.2) is 17.7 Å². The molecule has 0 bridgehead atoms. The molecule has 5 heteroatoms. The third-order valence-corrected chi connectivity index (χ3v) is 2.90. The molecule has 0 aliphatic carbocycles. The minimum Gasteiger partial charge on any atom is -0.505 e. The van der Waals surface area contributed by atoms with Crippen LogP contribution in [0.15, 0.2) is 23.0 Å². The number of aromatic nitrogens is 2. The number of aldehydes is 1. The van der Waals surface area contributed by atoms with E-state index in [1.807, 2.05) is 32.9 Å². The van der Waals surface area contributed by atoms with Gasteiger partial charge in [0.1, 0.15) is 0 Å². The molecule has 1 heterocycles. The first kappa shape index (κ1) is 13.0. The molecule has 1 aromatic carbocycles. The van der Waals surface area contributed by atoms with Gasteiger partial charge in [-0.25, -0.2) is 0 Å². The van der Waals surface area contributed by atoms with Crippen LogP contribution >= 0.6 is 0 Å². The van der Waals surface area contributed by atoms with Gasteiger partial charge in [0.2, 0.25) is 0 Å². The van der Waals surface area contributed by atoms with Crippen LogP contribution in [0.25, 0.3) is 5.69 Å². The van der Waals surface area contributed by atoms with Crippen LogP contribution in [0.3, 0.4) is 0 Å². The molecule has 0 radical (unpaired) electrons. The lowest BCUT2D eigenvalue weighted by atomic mass is 10.1. The summed E-state index contributed by atoms with van der Waals surface area (Å²) in [6.45, 7) is 5.71. The normalized spacial score (nSPS) is 10.5. The molecule has 0 spiro atoms. The second-order valence-electron chi connectivity index (χ2n) is 4.53. The molecule has 0 saturated carbocycles. The van der Waals surface area contributed by atoms with Crippen LogP contribution in [0, 0.1) is 20.8 Å². The van der Waals surface area contributed by atoms with Gasteiger partial charge in [-0.1, -0.05) is 17.7 Å². The summed E-state index contributed by atoms with van der Waals surface area (Å²) in [4.78, 5) is 22.7. The van der Waals surface area contributed by atoms with Crippen molar-refractivity contribution in [1.82, 2.24) is 9.78 Å². The summed E-state index contributed by atoms with van der Waals surface area (Å²) in [7, 11) is 0. The summed E-state index contributed by atoms with van der Waals surface area (Å²) in [5.74, 6) is -0.404. The maximum absolute atomic E-state index is 11.9. The van der Waals surface area contributed by atoms with Crippen molar-refractivity contribution in [2.24, 2.45) is 0 Å². The number of rotatable bonds is 2. The Bertz CT molecular complexity index is 694. The Hall–Kier alpha value is -2.43. The van der Waals surface area contributed by atoms with Crippen molar-refractivity contribution >= 4 is 6.29 Å². The minimum atomic E-state index is -0.474. The smallest absolute Gasteiger partial charge is 0.275 e. The molecule has 0 amide bonds. The van der Waals surface area contributed by atoms with Gasteiger partial charge in [-0.2, -0.15) is 9.78 Å². The Balaban J connectivity index is 2.79. The predicted molar refractivity (Wildman–Crippen MR) is 71.1 cm³/mol. The summed E-state index contributed by atoms with van der Waals surface area (Å²) in [5, 5.41) is 13.3. The van der Waals surface area contributed by atoms with Crippen LogP contribution in [0.4, 0.5) is 0 Å². The molecule has 0 unspecified atom stereocenters. The number of benzene rings is 1. The molecule has 1 aromatic heterocycles. The van der Waals surface area contributed by atoms with Gasteiger partial charge in [0.05, 0.1) is 5.69 Å². The highest BCUT2D eigenvalue weighted by Gasteiger charge is 2.12. The Labute approximate surface area is 110 Å². The fraction of sp³-hybridized carbons (Fsp3) is 0.214. The summed E-state index contributed by atoms with van der Waals surface area (Å²) >= 11 is 0. The van der Waals surface area contributed by atoms with Gasteiger partial charge in [0, 0.05) is 6.07 Å². The van der Waals surface area contributed by atoms with Gasteiger partial charge in [0.25, 0.3) is 5.56 Å². The van der Waals surface area contributed by atoms with Crippen LogP contribution in [-0.4, -0.2) is 21.2 Å². The van der Waals surface area contributed by atoms with E-state index in [9.17, 15) is 14.7 Å². The van der Waals surface area contributed by atoms with Crippen LogP contribution in [-0.2, 0) is 0 Å². The largest absolute Gasteiger partial charge is 0.505 e. The lowest BCUT2D eigenvalue weighted by Crippen LogP contribution is -2.23. The first-order chi connectivity index (χ1) is 8.93.